The standard InChI is InChI=1S/C33H40N6O2/c1-24-7-12-32(40)30(35-24)23-39-31-21-26(9-8-25-5-3-2-4-6-25)10-11-29(31)37-33(39)36-28-13-15-34-27(22-28)14-16-38-17-19-41-20-18-38/h2-12,21,27-28,34,40H,13-20,22-23H2,1H3,(H,36,37). The number of fused-ring (bicyclic) bond motifs is 1. The summed E-state index contributed by atoms with van der Waals surface area (Å²) < 4.78 is 7.68. The number of imidazole rings is 1. The first-order valence-electron chi connectivity index (χ1n) is 14.8. The first kappa shape index (κ1) is 27.4. The number of morpholine rings is 1. The van der Waals surface area contributed by atoms with Crippen molar-refractivity contribution in [2.45, 2.75) is 44.8 Å². The zero-order valence-corrected chi connectivity index (χ0v) is 23.8. The summed E-state index contributed by atoms with van der Waals surface area (Å²) in [4.78, 5) is 12.2. The minimum atomic E-state index is 0.202. The number of rotatable bonds is 9. The molecule has 0 saturated carbocycles. The average Bonchev–Trinajstić information content (AvgIpc) is 3.34. The van der Waals surface area contributed by atoms with E-state index < -0.39 is 0 Å². The summed E-state index contributed by atoms with van der Waals surface area (Å²) in [6, 6.07) is 21.0. The smallest absolute Gasteiger partial charge is 0.204 e. The molecule has 0 bridgehead atoms. The van der Waals surface area contributed by atoms with Crippen LogP contribution in [-0.4, -0.2) is 76.0 Å². The summed E-state index contributed by atoms with van der Waals surface area (Å²) in [5, 5.41) is 18.2. The van der Waals surface area contributed by atoms with Gasteiger partial charge in [0.15, 0.2) is 0 Å². The number of anilines is 1. The fraction of sp³-hybridized carbons (Fsp3) is 0.394. The topological polar surface area (TPSA) is 87.5 Å². The monoisotopic (exact) mass is 552 g/mol. The minimum absolute atomic E-state index is 0.202. The number of aryl methyl sites for hydroxylation is 1. The molecule has 0 radical (unpaired) electrons. The van der Waals surface area contributed by atoms with Gasteiger partial charge in [-0.15, -0.1) is 0 Å². The van der Waals surface area contributed by atoms with Crippen molar-refractivity contribution in [2.24, 2.45) is 0 Å². The number of nitrogens with zero attached hydrogens (tertiary/aromatic N) is 4. The van der Waals surface area contributed by atoms with Crippen molar-refractivity contribution in [3.63, 3.8) is 0 Å². The lowest BCUT2D eigenvalue weighted by atomic mass is 9.97. The van der Waals surface area contributed by atoms with Crippen LogP contribution in [0.15, 0.2) is 60.7 Å². The number of benzene rings is 2. The number of ether oxygens (including phenoxy) is 1. The van der Waals surface area contributed by atoms with Gasteiger partial charge in [-0.1, -0.05) is 48.6 Å². The number of hydrogen-bond donors (Lipinski definition) is 3. The Balaban J connectivity index is 1.25. The Labute approximate surface area is 242 Å². The molecular weight excluding hydrogens is 512 g/mol. The van der Waals surface area contributed by atoms with Gasteiger partial charge in [-0.25, -0.2) is 4.98 Å². The second kappa shape index (κ2) is 12.9. The summed E-state index contributed by atoms with van der Waals surface area (Å²) in [6.07, 6.45) is 7.48. The predicted octanol–water partition coefficient (Wildman–Crippen LogP) is 4.92. The van der Waals surface area contributed by atoms with Gasteiger partial charge in [0.25, 0.3) is 0 Å². The molecule has 2 aromatic carbocycles. The van der Waals surface area contributed by atoms with Gasteiger partial charge in [0.2, 0.25) is 5.95 Å². The lowest BCUT2D eigenvalue weighted by Crippen LogP contribution is -2.46. The first-order chi connectivity index (χ1) is 20.1. The molecule has 4 heterocycles. The normalized spacial score (nSPS) is 20.1. The Morgan fingerprint density at radius 1 is 1.02 bits per heavy atom. The second-order valence-corrected chi connectivity index (χ2v) is 11.2. The van der Waals surface area contributed by atoms with E-state index in [9.17, 15) is 5.11 Å². The predicted molar refractivity (Wildman–Crippen MR) is 165 cm³/mol. The van der Waals surface area contributed by atoms with E-state index in [4.69, 9.17) is 9.72 Å². The number of aromatic nitrogens is 3. The lowest BCUT2D eigenvalue weighted by molar-refractivity contribution is 0.0357. The molecule has 0 amide bonds. The van der Waals surface area contributed by atoms with Crippen molar-refractivity contribution < 1.29 is 9.84 Å². The third kappa shape index (κ3) is 6.96. The second-order valence-electron chi connectivity index (χ2n) is 11.2. The third-order valence-corrected chi connectivity index (χ3v) is 8.16. The highest BCUT2D eigenvalue weighted by atomic mass is 16.5. The Kier molecular flexibility index (Phi) is 8.60. The zero-order chi connectivity index (χ0) is 28.0. The molecule has 4 aromatic rings. The Hall–Kier alpha value is -3.72. The van der Waals surface area contributed by atoms with Crippen LogP contribution in [0, 0.1) is 6.92 Å². The molecule has 2 aliphatic heterocycles. The lowest BCUT2D eigenvalue weighted by Gasteiger charge is -2.33. The Morgan fingerprint density at radius 3 is 2.71 bits per heavy atom. The summed E-state index contributed by atoms with van der Waals surface area (Å²) in [5.41, 5.74) is 5.72. The number of pyridine rings is 1. The molecule has 2 aromatic heterocycles. The zero-order valence-electron chi connectivity index (χ0n) is 23.8. The van der Waals surface area contributed by atoms with Crippen LogP contribution in [0.2, 0.25) is 0 Å². The van der Waals surface area contributed by atoms with Crippen LogP contribution < -0.4 is 10.6 Å². The van der Waals surface area contributed by atoms with Crippen LogP contribution in [0.1, 0.15) is 41.8 Å². The maximum atomic E-state index is 10.6. The van der Waals surface area contributed by atoms with Crippen LogP contribution in [0.3, 0.4) is 0 Å². The number of piperidine rings is 1. The molecule has 0 aliphatic carbocycles. The Morgan fingerprint density at radius 2 is 1.85 bits per heavy atom. The van der Waals surface area contributed by atoms with Gasteiger partial charge in [-0.3, -0.25) is 9.88 Å². The largest absolute Gasteiger partial charge is 0.506 e. The van der Waals surface area contributed by atoms with E-state index in [0.717, 1.165) is 92.5 Å². The van der Waals surface area contributed by atoms with Crippen molar-refractivity contribution >= 4 is 29.1 Å². The summed E-state index contributed by atoms with van der Waals surface area (Å²) in [5.74, 6) is 1.03. The van der Waals surface area contributed by atoms with Gasteiger partial charge in [0, 0.05) is 30.9 Å². The van der Waals surface area contributed by atoms with Crippen molar-refractivity contribution in [1.82, 2.24) is 24.8 Å². The molecule has 8 heteroatoms. The molecule has 41 heavy (non-hydrogen) atoms. The Bertz CT molecular complexity index is 1480. The fourth-order valence-corrected chi connectivity index (χ4v) is 5.84. The van der Waals surface area contributed by atoms with Gasteiger partial charge in [-0.2, -0.15) is 0 Å². The number of nitrogens with one attached hydrogen (secondary N) is 2. The summed E-state index contributed by atoms with van der Waals surface area (Å²) in [7, 11) is 0. The highest BCUT2D eigenvalue weighted by Crippen LogP contribution is 2.27. The number of aromatic hydroxyl groups is 1. The van der Waals surface area contributed by atoms with Gasteiger partial charge in [0.1, 0.15) is 11.4 Å². The SMILES string of the molecule is Cc1ccc(O)c(Cn2c(NC3CCNC(CCN4CCOCC4)C3)nc3ccc(C=Cc4ccccc4)cc32)n1. The molecule has 214 valence electrons. The van der Waals surface area contributed by atoms with Crippen LogP contribution >= 0.6 is 0 Å². The van der Waals surface area contributed by atoms with E-state index in [0.29, 0.717) is 24.3 Å². The molecule has 2 saturated heterocycles. The quantitative estimate of drug-likeness (QED) is 0.254. The molecular formula is C33H40N6O2. The van der Waals surface area contributed by atoms with Crippen molar-refractivity contribution in [1.29, 1.82) is 0 Å². The first-order valence-corrected chi connectivity index (χ1v) is 14.8. The van der Waals surface area contributed by atoms with E-state index in [1.165, 1.54) is 0 Å². The molecule has 2 aliphatic rings. The number of hydrogen-bond acceptors (Lipinski definition) is 7. The summed E-state index contributed by atoms with van der Waals surface area (Å²) >= 11 is 0. The molecule has 3 N–H and O–H groups in total. The highest BCUT2D eigenvalue weighted by molar-refractivity contribution is 5.83. The molecule has 6 rings (SSSR count). The van der Waals surface area contributed by atoms with E-state index in [1.54, 1.807) is 6.07 Å². The molecule has 8 nitrogen and oxygen atoms in total. The van der Waals surface area contributed by atoms with Gasteiger partial charge in [-0.05, 0) is 74.7 Å². The van der Waals surface area contributed by atoms with Crippen molar-refractivity contribution in [3.05, 3.63) is 83.2 Å². The molecule has 2 atom stereocenters. The van der Waals surface area contributed by atoms with E-state index in [1.807, 2.05) is 31.2 Å². The van der Waals surface area contributed by atoms with Crippen LogP contribution in [0.5, 0.6) is 5.75 Å². The summed E-state index contributed by atoms with van der Waals surface area (Å²) in [6.45, 7) is 8.21. The third-order valence-electron chi connectivity index (χ3n) is 8.16. The van der Waals surface area contributed by atoms with Crippen LogP contribution in [0.4, 0.5) is 5.95 Å². The highest BCUT2D eigenvalue weighted by Gasteiger charge is 2.24. The van der Waals surface area contributed by atoms with Crippen molar-refractivity contribution in [3.8, 4) is 5.75 Å². The van der Waals surface area contributed by atoms with Crippen molar-refractivity contribution in [2.75, 3.05) is 44.7 Å². The molecule has 2 fully saturated rings. The van der Waals surface area contributed by atoms with E-state index in [-0.39, 0.29) is 5.75 Å². The van der Waals surface area contributed by atoms with Gasteiger partial charge in [0.05, 0.1) is 30.8 Å². The molecule has 0 spiro atoms. The maximum absolute atomic E-state index is 10.6. The van der Waals surface area contributed by atoms with E-state index >= 15 is 0 Å². The van der Waals surface area contributed by atoms with E-state index in [2.05, 4.69) is 67.6 Å². The van der Waals surface area contributed by atoms with Crippen LogP contribution in [0.25, 0.3) is 23.2 Å². The van der Waals surface area contributed by atoms with Crippen LogP contribution in [-0.2, 0) is 11.3 Å². The minimum Gasteiger partial charge on any atom is -0.506 e. The van der Waals surface area contributed by atoms with Gasteiger partial charge >= 0.3 is 0 Å². The van der Waals surface area contributed by atoms with Gasteiger partial charge < -0.3 is 25.0 Å². The average molecular weight is 553 g/mol. The molecule has 2 unspecified atom stereocenters. The maximum Gasteiger partial charge on any atom is 0.204 e. The fourth-order valence-electron chi connectivity index (χ4n) is 5.84.